The Balaban J connectivity index is 2.61. The number of nitriles is 1. The van der Waals surface area contributed by atoms with Gasteiger partial charge < -0.3 is 10.5 Å². The smallest absolute Gasteiger partial charge is 0.128 e. The molecule has 4 nitrogen and oxygen atoms in total. The average Bonchev–Trinajstić information content (AvgIpc) is 2.38. The molecule has 2 aromatic rings. The number of nitrogens with zero attached hydrogens (tertiary/aromatic N) is 2. The van der Waals surface area contributed by atoms with Gasteiger partial charge in [-0.2, -0.15) is 5.26 Å². The number of anilines is 1. The zero-order valence-corrected chi connectivity index (χ0v) is 9.34. The molecule has 0 aliphatic rings. The molecule has 2 N–H and O–H groups in total. The first-order valence-electron chi connectivity index (χ1n) is 5.04. The van der Waals surface area contributed by atoms with E-state index >= 15 is 0 Å². The third kappa shape index (κ3) is 2.18. The molecule has 0 amide bonds. The van der Waals surface area contributed by atoms with Gasteiger partial charge >= 0.3 is 0 Å². The Kier molecular flexibility index (Phi) is 2.93. The number of ether oxygens (including phenoxy) is 1. The molecule has 1 heterocycles. The summed E-state index contributed by atoms with van der Waals surface area (Å²) in [7, 11) is 1.58. The Hall–Kier alpha value is -2.54. The summed E-state index contributed by atoms with van der Waals surface area (Å²) in [4.78, 5) is 4.22. The van der Waals surface area contributed by atoms with Crippen molar-refractivity contribution in [1.82, 2.24) is 4.98 Å². The first kappa shape index (κ1) is 11.0. The van der Waals surface area contributed by atoms with Crippen LogP contribution in [0.25, 0.3) is 11.3 Å². The van der Waals surface area contributed by atoms with Crippen LogP contribution in [0.1, 0.15) is 5.56 Å². The quantitative estimate of drug-likeness (QED) is 0.850. The third-order valence-electron chi connectivity index (χ3n) is 2.39. The lowest BCUT2D eigenvalue weighted by atomic mass is 10.1. The molecule has 0 saturated heterocycles. The Morgan fingerprint density at radius 2 is 2.12 bits per heavy atom. The monoisotopic (exact) mass is 225 g/mol. The summed E-state index contributed by atoms with van der Waals surface area (Å²) in [5, 5.41) is 8.89. The highest BCUT2D eigenvalue weighted by Crippen LogP contribution is 2.30. The topological polar surface area (TPSA) is 71.9 Å². The molecule has 84 valence electrons. The maximum absolute atomic E-state index is 8.89. The summed E-state index contributed by atoms with van der Waals surface area (Å²) in [5.41, 5.74) is 8.35. The highest BCUT2D eigenvalue weighted by Gasteiger charge is 2.08. The molecular weight excluding hydrogens is 214 g/mol. The minimum atomic E-state index is 0.560. The van der Waals surface area contributed by atoms with Gasteiger partial charge in [0.15, 0.2) is 0 Å². The highest BCUT2D eigenvalue weighted by molar-refractivity contribution is 5.71. The van der Waals surface area contributed by atoms with Crippen molar-refractivity contribution in [3.05, 3.63) is 42.1 Å². The lowest BCUT2D eigenvalue weighted by Crippen LogP contribution is -1.93. The highest BCUT2D eigenvalue weighted by atomic mass is 16.5. The Bertz CT molecular complexity index is 587. The molecule has 1 aromatic carbocycles. The fraction of sp³-hybridized carbons (Fsp3) is 0.0769. The lowest BCUT2D eigenvalue weighted by Gasteiger charge is -2.08. The molecule has 0 saturated carbocycles. The van der Waals surface area contributed by atoms with Gasteiger partial charge in [-0.1, -0.05) is 0 Å². The molecule has 17 heavy (non-hydrogen) atoms. The maximum Gasteiger partial charge on any atom is 0.128 e. The van der Waals surface area contributed by atoms with Crippen LogP contribution < -0.4 is 10.5 Å². The summed E-state index contributed by atoms with van der Waals surface area (Å²) in [6, 6.07) is 10.7. The van der Waals surface area contributed by atoms with E-state index in [4.69, 9.17) is 15.7 Å². The maximum atomic E-state index is 8.89. The Labute approximate surface area is 99.3 Å². The van der Waals surface area contributed by atoms with Crippen LogP contribution in [0.3, 0.4) is 0 Å². The second-order valence-corrected chi connectivity index (χ2v) is 3.50. The summed E-state index contributed by atoms with van der Waals surface area (Å²) < 4.78 is 5.25. The molecule has 0 fully saturated rings. The number of nitrogen functional groups attached to an aromatic ring is 1. The molecule has 2 rings (SSSR count). The van der Waals surface area contributed by atoms with Crippen molar-refractivity contribution in [1.29, 1.82) is 5.26 Å². The Morgan fingerprint density at radius 1 is 1.29 bits per heavy atom. The van der Waals surface area contributed by atoms with E-state index in [0.717, 1.165) is 5.56 Å². The number of aromatic nitrogens is 1. The van der Waals surface area contributed by atoms with E-state index < -0.39 is 0 Å². The zero-order valence-electron chi connectivity index (χ0n) is 9.34. The Morgan fingerprint density at radius 3 is 2.76 bits per heavy atom. The van der Waals surface area contributed by atoms with Gasteiger partial charge in [0.05, 0.1) is 24.4 Å². The number of benzene rings is 1. The van der Waals surface area contributed by atoms with Crippen LogP contribution in [-0.2, 0) is 0 Å². The third-order valence-corrected chi connectivity index (χ3v) is 2.39. The largest absolute Gasteiger partial charge is 0.496 e. The van der Waals surface area contributed by atoms with Crippen molar-refractivity contribution < 1.29 is 4.74 Å². The molecule has 0 spiro atoms. The van der Waals surface area contributed by atoms with Gasteiger partial charge in [0, 0.05) is 17.4 Å². The molecule has 1 aromatic heterocycles. The van der Waals surface area contributed by atoms with Crippen LogP contribution in [0.15, 0.2) is 36.5 Å². The lowest BCUT2D eigenvalue weighted by molar-refractivity contribution is 0.416. The molecule has 0 unspecified atom stereocenters. The predicted molar refractivity (Wildman–Crippen MR) is 65.4 cm³/mol. The van der Waals surface area contributed by atoms with E-state index in [9.17, 15) is 0 Å². The average molecular weight is 225 g/mol. The summed E-state index contributed by atoms with van der Waals surface area (Å²) in [6.07, 6.45) is 1.63. The molecule has 4 heteroatoms. The van der Waals surface area contributed by atoms with Crippen molar-refractivity contribution in [3.63, 3.8) is 0 Å². The zero-order chi connectivity index (χ0) is 12.3. The fourth-order valence-electron chi connectivity index (χ4n) is 1.57. The van der Waals surface area contributed by atoms with Crippen LogP contribution in [0.4, 0.5) is 5.69 Å². The van der Waals surface area contributed by atoms with E-state index in [1.807, 2.05) is 0 Å². The van der Waals surface area contributed by atoms with Gasteiger partial charge in [-0.3, -0.25) is 4.98 Å². The van der Waals surface area contributed by atoms with Crippen LogP contribution in [0.5, 0.6) is 5.75 Å². The van der Waals surface area contributed by atoms with Gasteiger partial charge in [0.1, 0.15) is 5.75 Å². The second-order valence-electron chi connectivity index (χ2n) is 3.50. The van der Waals surface area contributed by atoms with E-state index in [1.165, 1.54) is 0 Å². The minimum Gasteiger partial charge on any atom is -0.496 e. The minimum absolute atomic E-state index is 0.560. The summed E-state index contributed by atoms with van der Waals surface area (Å²) in [5.74, 6) is 0.669. The van der Waals surface area contributed by atoms with Crippen LogP contribution in [0, 0.1) is 11.3 Å². The molecular formula is C13H11N3O. The van der Waals surface area contributed by atoms with Gasteiger partial charge in [-0.25, -0.2) is 0 Å². The van der Waals surface area contributed by atoms with Crippen molar-refractivity contribution in [2.45, 2.75) is 0 Å². The first-order valence-corrected chi connectivity index (χ1v) is 5.04. The number of hydrogen-bond donors (Lipinski definition) is 1. The van der Waals surface area contributed by atoms with Crippen molar-refractivity contribution >= 4 is 5.69 Å². The number of hydrogen-bond acceptors (Lipinski definition) is 4. The SMILES string of the molecule is COc1ccc(C#N)cc1-c1cc(N)ccn1. The van der Waals surface area contributed by atoms with Crippen LogP contribution >= 0.6 is 0 Å². The predicted octanol–water partition coefficient (Wildman–Crippen LogP) is 2.21. The van der Waals surface area contributed by atoms with Crippen LogP contribution in [0.2, 0.25) is 0 Å². The van der Waals surface area contributed by atoms with Crippen molar-refractivity contribution in [3.8, 4) is 23.1 Å². The van der Waals surface area contributed by atoms with Crippen LogP contribution in [-0.4, -0.2) is 12.1 Å². The molecule has 0 atom stereocenters. The summed E-state index contributed by atoms with van der Waals surface area (Å²) in [6.45, 7) is 0. The van der Waals surface area contributed by atoms with Gasteiger partial charge in [-0.15, -0.1) is 0 Å². The van der Waals surface area contributed by atoms with Crippen molar-refractivity contribution in [2.24, 2.45) is 0 Å². The van der Waals surface area contributed by atoms with Gasteiger partial charge in [0.2, 0.25) is 0 Å². The van der Waals surface area contributed by atoms with E-state index in [-0.39, 0.29) is 0 Å². The normalized spacial score (nSPS) is 9.65. The van der Waals surface area contributed by atoms with E-state index in [0.29, 0.717) is 22.7 Å². The standard InChI is InChI=1S/C13H11N3O/c1-17-13-3-2-9(8-14)6-11(13)12-7-10(15)4-5-16-12/h2-7H,1H3,(H2,15,16). The molecule has 0 bridgehead atoms. The molecule has 0 radical (unpaired) electrons. The van der Waals surface area contributed by atoms with Gasteiger partial charge in [0.25, 0.3) is 0 Å². The van der Waals surface area contributed by atoms with Gasteiger partial charge in [-0.05, 0) is 30.3 Å². The second kappa shape index (κ2) is 4.54. The first-order chi connectivity index (χ1) is 8.24. The van der Waals surface area contributed by atoms with Crippen molar-refractivity contribution in [2.75, 3.05) is 12.8 Å². The van der Waals surface area contributed by atoms with E-state index in [1.54, 1.807) is 43.6 Å². The number of nitrogens with two attached hydrogens (primary N) is 1. The number of methoxy groups -OCH3 is 1. The van der Waals surface area contributed by atoms with E-state index in [2.05, 4.69) is 11.1 Å². The fourth-order valence-corrected chi connectivity index (χ4v) is 1.57. The number of rotatable bonds is 2. The molecule has 0 aliphatic carbocycles. The number of pyridine rings is 1. The summed E-state index contributed by atoms with van der Waals surface area (Å²) >= 11 is 0. The molecule has 0 aliphatic heterocycles.